The summed E-state index contributed by atoms with van der Waals surface area (Å²) in [6.07, 6.45) is 0.433. The van der Waals surface area contributed by atoms with Crippen LogP contribution in [-0.4, -0.2) is 40.6 Å². The molecule has 1 heterocycles. The van der Waals surface area contributed by atoms with E-state index in [2.05, 4.69) is 11.3 Å². The number of hydrogen-bond donors (Lipinski definition) is 2. The maximum Gasteiger partial charge on any atom is 0.384 e. The van der Waals surface area contributed by atoms with Gasteiger partial charge in [0.15, 0.2) is 5.78 Å². The minimum absolute atomic E-state index is 0.0187. The number of ether oxygens (including phenoxy) is 2. The zero-order valence-corrected chi connectivity index (χ0v) is 13.9. The van der Waals surface area contributed by atoms with Crippen LogP contribution in [0.3, 0.4) is 0 Å². The van der Waals surface area contributed by atoms with Gasteiger partial charge in [0.25, 0.3) is 0 Å². The number of aryl methyl sites for hydroxylation is 1. The molecule has 1 aromatic carbocycles. The van der Waals surface area contributed by atoms with Crippen LogP contribution in [0.25, 0.3) is 0 Å². The second kappa shape index (κ2) is 5.29. The maximum atomic E-state index is 13.0. The summed E-state index contributed by atoms with van der Waals surface area (Å²) >= 11 is 0. The first-order valence-corrected chi connectivity index (χ1v) is 7.57. The third-order valence-electron chi connectivity index (χ3n) is 4.51. The Morgan fingerprint density at radius 3 is 2.56 bits per heavy atom. The molecule has 0 aromatic heterocycles. The Bertz CT molecular complexity index is 906. The molecule has 0 bridgehead atoms. The zero-order valence-electron chi connectivity index (χ0n) is 13.9. The first-order valence-electron chi connectivity index (χ1n) is 7.57. The topological polar surface area (TPSA) is 110 Å². The van der Waals surface area contributed by atoms with Crippen molar-refractivity contribution in [3.63, 3.8) is 0 Å². The lowest BCUT2D eigenvalue weighted by Crippen LogP contribution is -2.44. The molecule has 3 rings (SSSR count). The highest BCUT2D eigenvalue weighted by atomic mass is 16.7. The molecule has 0 radical (unpaired) electrons. The first kappa shape index (κ1) is 16.9. The largest absolute Gasteiger partial charge is 0.507 e. The quantitative estimate of drug-likeness (QED) is 0.779. The van der Waals surface area contributed by atoms with Crippen LogP contribution in [0.5, 0.6) is 5.75 Å². The molecule has 2 N–H and O–H groups in total. The molecule has 130 valence electrons. The number of ketones is 2. The van der Waals surface area contributed by atoms with E-state index in [1.165, 1.54) is 6.07 Å². The normalized spacial score (nSPS) is 21.8. The molecule has 1 atom stereocenters. The van der Waals surface area contributed by atoms with Gasteiger partial charge in [-0.3, -0.25) is 9.59 Å². The number of allylic oxidation sites excluding steroid dienone is 1. The third kappa shape index (κ3) is 1.99. The van der Waals surface area contributed by atoms with Gasteiger partial charge in [0.1, 0.15) is 11.5 Å². The van der Waals surface area contributed by atoms with Crippen LogP contribution in [0, 0.1) is 6.92 Å². The van der Waals surface area contributed by atoms with Crippen LogP contribution in [0.4, 0.5) is 0 Å². The van der Waals surface area contributed by atoms with E-state index < -0.39 is 28.9 Å². The number of benzene rings is 1. The average molecular weight is 344 g/mol. The van der Waals surface area contributed by atoms with Crippen molar-refractivity contribution in [2.75, 3.05) is 7.11 Å². The average Bonchev–Trinajstić information content (AvgIpc) is 2.84. The first-order chi connectivity index (χ1) is 11.7. The van der Waals surface area contributed by atoms with Crippen molar-refractivity contribution in [2.24, 2.45) is 0 Å². The van der Waals surface area contributed by atoms with E-state index in [9.17, 15) is 24.6 Å². The zero-order chi connectivity index (χ0) is 18.7. The summed E-state index contributed by atoms with van der Waals surface area (Å²) in [5.74, 6) is -6.20. The Kier molecular flexibility index (Phi) is 3.58. The van der Waals surface area contributed by atoms with Crippen LogP contribution in [0.1, 0.15) is 38.8 Å². The van der Waals surface area contributed by atoms with Gasteiger partial charge in [0.2, 0.25) is 5.78 Å². The monoisotopic (exact) mass is 344 g/mol. The molecule has 25 heavy (non-hydrogen) atoms. The summed E-state index contributed by atoms with van der Waals surface area (Å²) in [7, 11) is 1.00. The molecule has 1 unspecified atom stereocenters. The van der Waals surface area contributed by atoms with Gasteiger partial charge in [0, 0.05) is 5.56 Å². The van der Waals surface area contributed by atoms with Gasteiger partial charge >= 0.3 is 11.8 Å². The Balaban J connectivity index is 2.34. The van der Waals surface area contributed by atoms with Crippen molar-refractivity contribution in [1.82, 2.24) is 0 Å². The molecule has 0 fully saturated rings. The lowest BCUT2D eigenvalue weighted by Gasteiger charge is -2.24. The number of rotatable bonds is 2. The highest BCUT2D eigenvalue weighted by Gasteiger charge is 2.58. The third-order valence-corrected chi connectivity index (χ3v) is 4.51. The van der Waals surface area contributed by atoms with E-state index in [0.29, 0.717) is 17.5 Å². The molecular formula is C18H16O7. The lowest BCUT2D eigenvalue weighted by molar-refractivity contribution is -0.193. The Morgan fingerprint density at radius 2 is 2.00 bits per heavy atom. The molecule has 2 aliphatic rings. The fraction of sp³-hybridized carbons (Fsp3) is 0.278. The van der Waals surface area contributed by atoms with Gasteiger partial charge in [-0.15, -0.1) is 0 Å². The number of phenolic OH excluding ortho intramolecular Hbond substituents is 1. The minimum atomic E-state index is -2.77. The lowest BCUT2D eigenvalue weighted by atomic mass is 9.79. The minimum Gasteiger partial charge on any atom is -0.507 e. The molecule has 1 aliphatic heterocycles. The SMILES string of the molecule is C=C1OC(O)(C(=O)OC)C2=C1C(=O)c1cc(C)c(CC)c(O)c1C2=O. The van der Waals surface area contributed by atoms with E-state index in [1.807, 2.05) is 0 Å². The van der Waals surface area contributed by atoms with E-state index >= 15 is 0 Å². The van der Waals surface area contributed by atoms with Gasteiger partial charge in [-0.25, -0.2) is 4.79 Å². The number of aromatic hydroxyl groups is 1. The number of Topliss-reactive ketones (excluding diaryl/α,β-unsaturated/α-hetero) is 2. The predicted molar refractivity (Wildman–Crippen MR) is 85.1 cm³/mol. The summed E-state index contributed by atoms with van der Waals surface area (Å²) < 4.78 is 9.52. The van der Waals surface area contributed by atoms with Crippen molar-refractivity contribution >= 4 is 17.5 Å². The number of hydrogen-bond acceptors (Lipinski definition) is 7. The number of fused-ring (bicyclic) bond motifs is 1. The van der Waals surface area contributed by atoms with Gasteiger partial charge < -0.3 is 19.7 Å². The molecule has 0 saturated carbocycles. The second-order valence-corrected chi connectivity index (χ2v) is 5.87. The van der Waals surface area contributed by atoms with Crippen LogP contribution in [-0.2, 0) is 20.7 Å². The van der Waals surface area contributed by atoms with Crippen LogP contribution < -0.4 is 0 Å². The Hall–Kier alpha value is -2.93. The van der Waals surface area contributed by atoms with Gasteiger partial charge in [-0.1, -0.05) is 13.5 Å². The van der Waals surface area contributed by atoms with E-state index in [4.69, 9.17) is 4.74 Å². The van der Waals surface area contributed by atoms with Crippen LogP contribution in [0.15, 0.2) is 29.6 Å². The predicted octanol–water partition coefficient (Wildman–Crippen LogP) is 1.34. The van der Waals surface area contributed by atoms with Crippen molar-refractivity contribution in [3.8, 4) is 5.75 Å². The smallest absolute Gasteiger partial charge is 0.384 e. The van der Waals surface area contributed by atoms with Crippen molar-refractivity contribution in [1.29, 1.82) is 0 Å². The molecule has 1 aliphatic carbocycles. The number of esters is 1. The number of aliphatic hydroxyl groups is 1. The molecule has 7 nitrogen and oxygen atoms in total. The van der Waals surface area contributed by atoms with Crippen molar-refractivity contribution in [2.45, 2.75) is 26.1 Å². The molecular weight excluding hydrogens is 328 g/mol. The Labute approximate surface area is 143 Å². The van der Waals surface area contributed by atoms with E-state index in [0.717, 1.165) is 7.11 Å². The summed E-state index contributed by atoms with van der Waals surface area (Å²) in [6, 6.07) is 1.50. The van der Waals surface area contributed by atoms with Gasteiger partial charge in [0.05, 0.1) is 23.8 Å². The molecule has 0 amide bonds. The number of carbonyl (C=O) groups is 3. The van der Waals surface area contributed by atoms with Crippen molar-refractivity contribution < 1.29 is 34.1 Å². The maximum absolute atomic E-state index is 13.0. The number of methoxy groups -OCH3 is 1. The summed E-state index contributed by atoms with van der Waals surface area (Å²) in [5, 5.41) is 21.0. The molecule has 0 spiro atoms. The number of phenols is 1. The summed E-state index contributed by atoms with van der Waals surface area (Å²) in [5.41, 5.74) is 0.0122. The highest BCUT2D eigenvalue weighted by Crippen LogP contribution is 2.46. The van der Waals surface area contributed by atoms with Gasteiger partial charge in [-0.2, -0.15) is 0 Å². The van der Waals surface area contributed by atoms with Crippen LogP contribution >= 0.6 is 0 Å². The Morgan fingerprint density at radius 1 is 1.36 bits per heavy atom. The fourth-order valence-electron chi connectivity index (χ4n) is 3.33. The standard InChI is InChI=1S/C18H16O7/c1-5-9-7(2)6-10-12(14(9)19)16(21)13-11(15(10)20)8(3)25-18(13,23)17(22)24-4/h6,19,23H,3,5H2,1-2,4H3. The van der Waals surface area contributed by atoms with Crippen molar-refractivity contribution in [3.05, 3.63) is 51.8 Å². The summed E-state index contributed by atoms with van der Waals surface area (Å²) in [4.78, 5) is 37.8. The van der Waals surface area contributed by atoms with Crippen LogP contribution in [0.2, 0.25) is 0 Å². The fourth-order valence-corrected chi connectivity index (χ4v) is 3.33. The van der Waals surface area contributed by atoms with E-state index in [1.54, 1.807) is 13.8 Å². The summed E-state index contributed by atoms with van der Waals surface area (Å²) in [6.45, 7) is 7.01. The molecule has 1 aromatic rings. The molecule has 7 heteroatoms. The van der Waals surface area contributed by atoms with E-state index in [-0.39, 0.29) is 28.2 Å². The molecule has 0 saturated heterocycles. The number of carbonyl (C=O) groups excluding carboxylic acids is 3. The highest BCUT2D eigenvalue weighted by molar-refractivity contribution is 6.31. The second-order valence-electron chi connectivity index (χ2n) is 5.87. The van der Waals surface area contributed by atoms with Gasteiger partial charge in [-0.05, 0) is 30.5 Å².